The number of hydrogen-bond acceptors (Lipinski definition) is 4. The molecule has 2 aromatic rings. The van der Waals surface area contributed by atoms with Crippen molar-refractivity contribution in [1.82, 2.24) is 9.71 Å². The maximum Gasteiger partial charge on any atom is 0.242 e. The molecular formula is C16H16ClN3O2S. The summed E-state index contributed by atoms with van der Waals surface area (Å²) < 4.78 is 27.8. The zero-order valence-electron chi connectivity index (χ0n) is 12.7. The van der Waals surface area contributed by atoms with Gasteiger partial charge in [-0.2, -0.15) is 5.26 Å². The average molecular weight is 350 g/mol. The monoisotopic (exact) mass is 349 g/mol. The molecule has 2 rings (SSSR count). The molecule has 1 atom stereocenters. The van der Waals surface area contributed by atoms with Gasteiger partial charge in [-0.25, -0.2) is 13.1 Å². The lowest BCUT2D eigenvalue weighted by atomic mass is 10.1. The molecular weight excluding hydrogens is 334 g/mol. The summed E-state index contributed by atoms with van der Waals surface area (Å²) in [5.74, 6) is 0. The lowest BCUT2D eigenvalue weighted by molar-refractivity contribution is 0.543. The number of nitrogens with one attached hydrogen (secondary N) is 1. The highest BCUT2D eigenvalue weighted by Gasteiger charge is 2.24. The summed E-state index contributed by atoms with van der Waals surface area (Å²) in [6, 6.07) is 9.25. The Hall–Kier alpha value is -1.94. The van der Waals surface area contributed by atoms with Gasteiger partial charge < -0.3 is 0 Å². The number of hydrogen-bond donors (Lipinski definition) is 1. The molecule has 0 amide bonds. The zero-order valence-corrected chi connectivity index (χ0v) is 14.3. The lowest BCUT2D eigenvalue weighted by Crippen LogP contribution is -2.29. The fourth-order valence-corrected chi connectivity index (χ4v) is 4.06. The van der Waals surface area contributed by atoms with Crippen molar-refractivity contribution in [2.45, 2.75) is 31.2 Å². The van der Waals surface area contributed by atoms with Crippen LogP contribution in [0.25, 0.3) is 0 Å². The van der Waals surface area contributed by atoms with Crippen molar-refractivity contribution >= 4 is 21.6 Å². The molecule has 0 aliphatic heterocycles. The average Bonchev–Trinajstić information content (AvgIpc) is 2.53. The van der Waals surface area contributed by atoms with Crippen LogP contribution in [-0.2, 0) is 10.0 Å². The van der Waals surface area contributed by atoms with E-state index in [1.807, 2.05) is 26.0 Å². The van der Waals surface area contributed by atoms with E-state index in [4.69, 9.17) is 16.9 Å². The highest BCUT2D eigenvalue weighted by atomic mass is 35.5. The van der Waals surface area contributed by atoms with Crippen molar-refractivity contribution in [3.05, 3.63) is 58.4 Å². The standard InChI is InChI=1S/C16H16ClN3O2S/c1-3-14(16-11(2)5-4-8-19-16)20-23(21,22)15-7-6-12(10-18)9-13(15)17/h4-9,14,20H,3H2,1-2H3/t14-/m1/s1. The highest BCUT2D eigenvalue weighted by Crippen LogP contribution is 2.26. The van der Waals surface area contributed by atoms with Crippen molar-refractivity contribution in [1.29, 1.82) is 5.26 Å². The fourth-order valence-electron chi connectivity index (χ4n) is 2.23. The molecule has 1 aromatic heterocycles. The maximum absolute atomic E-state index is 12.6. The molecule has 0 bridgehead atoms. The fraction of sp³-hybridized carbons (Fsp3) is 0.250. The number of pyridine rings is 1. The third-order valence-electron chi connectivity index (χ3n) is 3.44. The minimum Gasteiger partial charge on any atom is -0.259 e. The number of benzene rings is 1. The highest BCUT2D eigenvalue weighted by molar-refractivity contribution is 7.89. The Morgan fingerprint density at radius 1 is 1.39 bits per heavy atom. The Kier molecular flexibility index (Phi) is 5.37. The van der Waals surface area contributed by atoms with Gasteiger partial charge in [0.15, 0.2) is 0 Å². The molecule has 0 aliphatic rings. The van der Waals surface area contributed by atoms with Crippen molar-refractivity contribution in [2.75, 3.05) is 0 Å². The molecule has 1 N–H and O–H groups in total. The van der Waals surface area contributed by atoms with E-state index in [1.54, 1.807) is 12.3 Å². The Bertz CT molecular complexity index is 860. The molecule has 0 saturated heterocycles. The normalized spacial score (nSPS) is 12.6. The summed E-state index contributed by atoms with van der Waals surface area (Å²) in [6.45, 7) is 3.76. The first-order valence-corrected chi connectivity index (χ1v) is 8.88. The van der Waals surface area contributed by atoms with Crippen LogP contribution in [0.3, 0.4) is 0 Å². The van der Waals surface area contributed by atoms with E-state index >= 15 is 0 Å². The number of aryl methyl sites for hydroxylation is 1. The third-order valence-corrected chi connectivity index (χ3v) is 5.39. The summed E-state index contributed by atoms with van der Waals surface area (Å²) in [6.07, 6.45) is 2.18. The topological polar surface area (TPSA) is 82.9 Å². The molecule has 0 spiro atoms. The Balaban J connectivity index is 2.37. The van der Waals surface area contributed by atoms with Crippen LogP contribution in [0.2, 0.25) is 5.02 Å². The van der Waals surface area contributed by atoms with Gasteiger partial charge in [-0.3, -0.25) is 4.98 Å². The van der Waals surface area contributed by atoms with Crippen LogP contribution < -0.4 is 4.72 Å². The molecule has 0 fully saturated rings. The van der Waals surface area contributed by atoms with E-state index in [0.717, 1.165) is 5.56 Å². The summed E-state index contributed by atoms with van der Waals surface area (Å²) >= 11 is 6.01. The quantitative estimate of drug-likeness (QED) is 0.897. The van der Waals surface area contributed by atoms with Gasteiger partial charge in [0, 0.05) is 6.20 Å². The van der Waals surface area contributed by atoms with Gasteiger partial charge in [-0.1, -0.05) is 24.6 Å². The van der Waals surface area contributed by atoms with E-state index in [1.165, 1.54) is 18.2 Å². The van der Waals surface area contributed by atoms with Crippen LogP contribution in [0.5, 0.6) is 0 Å². The Morgan fingerprint density at radius 2 is 2.13 bits per heavy atom. The Morgan fingerprint density at radius 3 is 2.70 bits per heavy atom. The summed E-state index contributed by atoms with van der Waals surface area (Å²) in [7, 11) is -3.82. The van der Waals surface area contributed by atoms with Crippen LogP contribution in [0.1, 0.15) is 36.2 Å². The summed E-state index contributed by atoms with van der Waals surface area (Å²) in [5.41, 5.74) is 1.90. The van der Waals surface area contributed by atoms with Crippen molar-refractivity contribution in [3.8, 4) is 6.07 Å². The first kappa shape index (κ1) is 17.4. The first-order chi connectivity index (χ1) is 10.9. The second-order valence-electron chi connectivity index (χ2n) is 5.04. The maximum atomic E-state index is 12.6. The van der Waals surface area contributed by atoms with Crippen LogP contribution >= 0.6 is 11.6 Å². The van der Waals surface area contributed by atoms with Gasteiger partial charge in [0.2, 0.25) is 10.0 Å². The predicted molar refractivity (Wildman–Crippen MR) is 88.5 cm³/mol. The number of nitrogens with zero attached hydrogens (tertiary/aromatic N) is 2. The van der Waals surface area contributed by atoms with Crippen LogP contribution in [0, 0.1) is 18.3 Å². The summed E-state index contributed by atoms with van der Waals surface area (Å²) in [5, 5.41) is 8.85. The number of rotatable bonds is 5. The van der Waals surface area contributed by atoms with E-state index in [-0.39, 0.29) is 9.92 Å². The van der Waals surface area contributed by atoms with Gasteiger partial charge in [0.05, 0.1) is 28.4 Å². The van der Waals surface area contributed by atoms with Gasteiger partial charge in [0.25, 0.3) is 0 Å². The molecule has 0 radical (unpaired) electrons. The molecule has 5 nitrogen and oxygen atoms in total. The van der Waals surface area contributed by atoms with Gasteiger partial charge >= 0.3 is 0 Å². The third kappa shape index (κ3) is 3.88. The van der Waals surface area contributed by atoms with Gasteiger partial charge in [-0.05, 0) is 43.2 Å². The molecule has 23 heavy (non-hydrogen) atoms. The number of aromatic nitrogens is 1. The van der Waals surface area contributed by atoms with E-state index < -0.39 is 16.1 Å². The minimum atomic E-state index is -3.82. The van der Waals surface area contributed by atoms with Crippen LogP contribution in [0.15, 0.2) is 41.4 Å². The van der Waals surface area contributed by atoms with Crippen molar-refractivity contribution in [2.24, 2.45) is 0 Å². The lowest BCUT2D eigenvalue weighted by Gasteiger charge is -2.18. The predicted octanol–water partition coefficient (Wildman–Crippen LogP) is 3.34. The number of halogens is 1. The number of sulfonamides is 1. The molecule has 1 aromatic carbocycles. The van der Waals surface area contributed by atoms with E-state index in [0.29, 0.717) is 17.7 Å². The van der Waals surface area contributed by atoms with Crippen molar-refractivity contribution in [3.63, 3.8) is 0 Å². The second-order valence-corrected chi connectivity index (χ2v) is 7.13. The van der Waals surface area contributed by atoms with E-state index in [9.17, 15) is 8.42 Å². The molecule has 1 heterocycles. The second kappa shape index (κ2) is 7.09. The largest absolute Gasteiger partial charge is 0.259 e. The van der Waals surface area contributed by atoms with Crippen LogP contribution in [0.4, 0.5) is 0 Å². The smallest absolute Gasteiger partial charge is 0.242 e. The zero-order chi connectivity index (χ0) is 17.0. The first-order valence-electron chi connectivity index (χ1n) is 7.02. The minimum absolute atomic E-state index is 0.0177. The van der Waals surface area contributed by atoms with Gasteiger partial charge in [-0.15, -0.1) is 0 Å². The SMILES string of the molecule is CC[C@@H](NS(=O)(=O)c1ccc(C#N)cc1Cl)c1ncccc1C. The molecule has 120 valence electrons. The van der Waals surface area contributed by atoms with E-state index in [2.05, 4.69) is 9.71 Å². The summed E-state index contributed by atoms with van der Waals surface area (Å²) in [4.78, 5) is 4.22. The van der Waals surface area contributed by atoms with Crippen LogP contribution in [-0.4, -0.2) is 13.4 Å². The number of nitriles is 1. The molecule has 0 aliphatic carbocycles. The molecule has 0 unspecified atom stereocenters. The Labute approximate surface area is 141 Å². The molecule has 7 heteroatoms. The van der Waals surface area contributed by atoms with Crippen molar-refractivity contribution < 1.29 is 8.42 Å². The molecule has 0 saturated carbocycles. The van der Waals surface area contributed by atoms with Gasteiger partial charge in [0.1, 0.15) is 4.90 Å².